The van der Waals surface area contributed by atoms with E-state index >= 15 is 0 Å². The lowest BCUT2D eigenvalue weighted by Gasteiger charge is -2.30. The Morgan fingerprint density at radius 2 is 1.93 bits per heavy atom. The molecule has 5 rings (SSSR count). The molecule has 0 saturated carbocycles. The van der Waals surface area contributed by atoms with Crippen molar-refractivity contribution < 1.29 is 17.6 Å². The van der Waals surface area contributed by atoms with Crippen LogP contribution in [-0.4, -0.2) is 23.9 Å². The molecule has 0 aliphatic heterocycles. The van der Waals surface area contributed by atoms with Crippen molar-refractivity contribution in [2.75, 3.05) is 4.90 Å². The number of fused-ring (bicyclic) bond motifs is 1. The minimum atomic E-state index is -3.95. The van der Waals surface area contributed by atoms with Gasteiger partial charge in [-0.15, -0.1) is 0 Å². The summed E-state index contributed by atoms with van der Waals surface area (Å²) < 4.78 is 45.0. The number of aryl methyl sites for hydroxylation is 2. The van der Waals surface area contributed by atoms with E-state index in [0.717, 1.165) is 48.0 Å². The lowest BCUT2D eigenvalue weighted by molar-refractivity contribution is -0.119. The van der Waals surface area contributed by atoms with Gasteiger partial charge < -0.3 is 9.47 Å². The van der Waals surface area contributed by atoms with Crippen LogP contribution in [0.3, 0.4) is 0 Å². The maximum absolute atomic E-state index is 13.9. The number of halogens is 1. The van der Waals surface area contributed by atoms with Gasteiger partial charge in [0.25, 0.3) is 0 Å². The van der Waals surface area contributed by atoms with Crippen LogP contribution in [0.25, 0.3) is 0 Å². The number of nitrogens with zero attached hydrogens (tertiary/aromatic N) is 3. The Labute approximate surface area is 241 Å². The van der Waals surface area contributed by atoms with Gasteiger partial charge >= 0.3 is 0 Å². The van der Waals surface area contributed by atoms with Crippen molar-refractivity contribution in [3.63, 3.8) is 0 Å². The van der Waals surface area contributed by atoms with Crippen LogP contribution < -0.4 is 9.62 Å². The molecular weight excluding hydrogens is 539 g/mol. The second-order valence-electron chi connectivity index (χ2n) is 10.5. The third-order valence-corrected chi connectivity index (χ3v) is 9.22. The van der Waals surface area contributed by atoms with Crippen LogP contribution in [-0.2, 0) is 34.3 Å². The van der Waals surface area contributed by atoms with Crippen LogP contribution >= 0.6 is 0 Å². The number of rotatable bonds is 10. The smallest absolute Gasteiger partial charge is 0.241 e. The summed E-state index contributed by atoms with van der Waals surface area (Å²) in [5.41, 5.74) is 3.65. The lowest BCUT2D eigenvalue weighted by atomic mass is 9.87. The molecule has 0 bridgehead atoms. The summed E-state index contributed by atoms with van der Waals surface area (Å²) in [5.74, 6) is 0.137. The van der Waals surface area contributed by atoms with Crippen molar-refractivity contribution in [3.05, 3.63) is 114 Å². The van der Waals surface area contributed by atoms with Gasteiger partial charge in [-0.3, -0.25) is 4.79 Å². The van der Waals surface area contributed by atoms with Gasteiger partial charge in [0.1, 0.15) is 11.6 Å². The van der Waals surface area contributed by atoms with Gasteiger partial charge in [0.05, 0.1) is 11.4 Å². The number of anilines is 1. The summed E-state index contributed by atoms with van der Waals surface area (Å²) in [6.45, 7) is 5.09. The fourth-order valence-corrected chi connectivity index (χ4v) is 6.76. The largest absolute Gasteiger partial charge is 0.334 e. The van der Waals surface area contributed by atoms with E-state index in [1.54, 1.807) is 11.1 Å². The number of hydrogen-bond donors (Lipinski definition) is 1. The van der Waals surface area contributed by atoms with Gasteiger partial charge in [-0.25, -0.2) is 22.5 Å². The normalized spacial score (nSPS) is 15.7. The first-order valence-corrected chi connectivity index (χ1v) is 15.5. The summed E-state index contributed by atoms with van der Waals surface area (Å²) in [5, 5.41) is 0. The van der Waals surface area contributed by atoms with Crippen molar-refractivity contribution in [2.45, 2.75) is 69.5 Å². The summed E-state index contributed by atoms with van der Waals surface area (Å²) in [4.78, 5) is 20.0. The number of nitrogens with one attached hydrogen (secondary N) is 1. The van der Waals surface area contributed by atoms with Crippen molar-refractivity contribution >= 4 is 21.6 Å². The molecule has 0 spiro atoms. The predicted octanol–water partition coefficient (Wildman–Crippen LogP) is 6.13. The Balaban J connectivity index is 1.47. The highest BCUT2D eigenvalue weighted by Crippen LogP contribution is 2.35. The lowest BCUT2D eigenvalue weighted by Crippen LogP contribution is -2.34. The molecular formula is C32H35FN4O3S. The van der Waals surface area contributed by atoms with E-state index in [4.69, 9.17) is 0 Å². The Hall–Kier alpha value is -3.82. The topological polar surface area (TPSA) is 84.3 Å². The summed E-state index contributed by atoms with van der Waals surface area (Å²) in [7, 11) is -3.95. The zero-order valence-electron chi connectivity index (χ0n) is 23.3. The van der Waals surface area contributed by atoms with Crippen LogP contribution in [0.15, 0.2) is 90.1 Å². The van der Waals surface area contributed by atoms with Gasteiger partial charge in [-0.2, -0.15) is 0 Å². The summed E-state index contributed by atoms with van der Waals surface area (Å²) in [6.07, 6.45) is 6.17. The van der Waals surface area contributed by atoms with E-state index in [-0.39, 0.29) is 16.7 Å². The molecule has 3 aromatic carbocycles. The molecule has 0 fully saturated rings. The van der Waals surface area contributed by atoms with Gasteiger partial charge in [-0.05, 0) is 79.1 Å². The SMILES string of the molecule is CCn1ccnc1CN(C(=O)CC(C)c1ccccc1)c1ccc2c(c1)C(NS(=O)(=O)c1cccc(F)c1)CCC2. The van der Waals surface area contributed by atoms with E-state index in [1.165, 1.54) is 18.2 Å². The highest BCUT2D eigenvalue weighted by atomic mass is 32.2. The first kappa shape index (κ1) is 28.7. The third-order valence-electron chi connectivity index (χ3n) is 7.75. The molecule has 2 atom stereocenters. The number of aromatic nitrogens is 2. The molecule has 2 unspecified atom stereocenters. The standard InChI is InChI=1S/C32H35FN4O3S/c1-3-36-18-17-34-31(36)22-37(32(38)19-23(2)24-9-5-4-6-10-24)27-16-15-25-11-7-14-30(29(25)21-27)35-41(39,40)28-13-8-12-26(33)20-28/h4-6,8-10,12-13,15-18,20-21,23,30,35H,3,7,11,14,19,22H2,1-2H3. The second-order valence-corrected chi connectivity index (χ2v) is 12.2. The van der Waals surface area contributed by atoms with E-state index in [1.807, 2.05) is 73.1 Å². The predicted molar refractivity (Wildman–Crippen MR) is 157 cm³/mol. The number of carbonyl (C=O) groups is 1. The molecule has 7 nitrogen and oxygen atoms in total. The molecule has 1 N–H and O–H groups in total. The van der Waals surface area contributed by atoms with Crippen molar-refractivity contribution in [1.29, 1.82) is 0 Å². The van der Waals surface area contributed by atoms with Gasteiger partial charge in [0.2, 0.25) is 15.9 Å². The Morgan fingerprint density at radius 3 is 2.68 bits per heavy atom. The van der Waals surface area contributed by atoms with E-state index < -0.39 is 21.9 Å². The molecule has 9 heteroatoms. The molecule has 41 heavy (non-hydrogen) atoms. The van der Waals surface area contributed by atoms with Crippen molar-refractivity contribution in [2.24, 2.45) is 0 Å². The third kappa shape index (κ3) is 6.57. The number of carbonyl (C=O) groups excluding carboxylic acids is 1. The number of benzene rings is 3. The van der Waals surface area contributed by atoms with Gasteiger partial charge in [-0.1, -0.05) is 49.4 Å². The highest BCUT2D eigenvalue weighted by molar-refractivity contribution is 7.89. The molecule has 1 aromatic heterocycles. The zero-order valence-corrected chi connectivity index (χ0v) is 24.1. The maximum Gasteiger partial charge on any atom is 0.241 e. The van der Waals surface area contributed by atoms with E-state index in [0.29, 0.717) is 25.1 Å². The average Bonchev–Trinajstić information content (AvgIpc) is 3.43. The molecule has 4 aromatic rings. The number of hydrogen-bond acceptors (Lipinski definition) is 4. The fourth-order valence-electron chi connectivity index (χ4n) is 5.48. The number of amides is 1. The Bertz CT molecular complexity index is 1620. The minimum Gasteiger partial charge on any atom is -0.334 e. The minimum absolute atomic E-state index is 0.0144. The van der Waals surface area contributed by atoms with Gasteiger partial charge in [0, 0.05) is 37.1 Å². The Kier molecular flexibility index (Phi) is 8.65. The number of imidazole rings is 1. The molecule has 0 saturated heterocycles. The van der Waals surface area contributed by atoms with Crippen LogP contribution in [0.2, 0.25) is 0 Å². The van der Waals surface area contributed by atoms with Crippen LogP contribution in [0.5, 0.6) is 0 Å². The molecule has 214 valence electrons. The van der Waals surface area contributed by atoms with Crippen molar-refractivity contribution in [3.8, 4) is 0 Å². The Morgan fingerprint density at radius 1 is 1.12 bits per heavy atom. The molecule has 1 aliphatic carbocycles. The molecule has 1 amide bonds. The summed E-state index contributed by atoms with van der Waals surface area (Å²) >= 11 is 0. The van der Waals surface area contributed by atoms with Crippen LogP contribution in [0, 0.1) is 5.82 Å². The highest BCUT2D eigenvalue weighted by Gasteiger charge is 2.28. The van der Waals surface area contributed by atoms with Crippen LogP contribution in [0.1, 0.15) is 67.6 Å². The first-order chi connectivity index (χ1) is 19.7. The molecule has 1 aliphatic rings. The average molecular weight is 575 g/mol. The zero-order chi connectivity index (χ0) is 29.0. The van der Waals surface area contributed by atoms with E-state index in [9.17, 15) is 17.6 Å². The monoisotopic (exact) mass is 574 g/mol. The molecule has 0 radical (unpaired) electrons. The maximum atomic E-state index is 13.9. The van der Waals surface area contributed by atoms with Crippen LogP contribution in [0.4, 0.5) is 10.1 Å². The van der Waals surface area contributed by atoms with E-state index in [2.05, 4.69) is 9.71 Å². The summed E-state index contributed by atoms with van der Waals surface area (Å²) in [6, 6.07) is 20.3. The second kappa shape index (κ2) is 12.4. The van der Waals surface area contributed by atoms with Crippen molar-refractivity contribution in [1.82, 2.24) is 14.3 Å². The fraction of sp³-hybridized carbons (Fsp3) is 0.312. The van der Waals surface area contributed by atoms with Gasteiger partial charge in [0.15, 0.2) is 0 Å². The first-order valence-electron chi connectivity index (χ1n) is 14.0. The molecule has 1 heterocycles. The number of sulfonamides is 1. The quantitative estimate of drug-likeness (QED) is 0.247.